The molecule has 0 radical (unpaired) electrons. The van der Waals surface area contributed by atoms with E-state index in [-0.39, 0.29) is 12.0 Å². The Kier molecular flexibility index (Phi) is 9.13. The second-order valence-corrected chi connectivity index (χ2v) is 8.05. The summed E-state index contributed by atoms with van der Waals surface area (Å²) in [4.78, 5) is 19.1. The van der Waals surface area contributed by atoms with E-state index in [1.165, 1.54) is 24.3 Å². The summed E-state index contributed by atoms with van der Waals surface area (Å²) < 4.78 is 24.7. The summed E-state index contributed by atoms with van der Waals surface area (Å²) in [6.45, 7) is 5.82. The molecule has 2 rings (SSSR count). The Balaban J connectivity index is 0.000000765. The van der Waals surface area contributed by atoms with Crippen LogP contribution < -0.4 is 5.32 Å². The van der Waals surface area contributed by atoms with Crippen molar-refractivity contribution in [3.63, 3.8) is 0 Å². The van der Waals surface area contributed by atoms with Gasteiger partial charge >= 0.3 is 7.60 Å². The van der Waals surface area contributed by atoms with Crippen molar-refractivity contribution in [3.8, 4) is 0 Å². The van der Waals surface area contributed by atoms with Gasteiger partial charge in [0.05, 0.1) is 0 Å². The van der Waals surface area contributed by atoms with Gasteiger partial charge in [0.2, 0.25) is 0 Å². The summed E-state index contributed by atoms with van der Waals surface area (Å²) in [7, 11) is -4.39. The number of rotatable bonds is 6. The maximum absolute atomic E-state index is 13.0. The van der Waals surface area contributed by atoms with Crippen LogP contribution in [0.1, 0.15) is 43.6 Å². The third kappa shape index (κ3) is 8.21. The average Bonchev–Trinajstić information content (AvgIpc) is 2.55. The van der Waals surface area contributed by atoms with E-state index in [9.17, 15) is 18.7 Å². The van der Waals surface area contributed by atoms with Gasteiger partial charge in [0, 0.05) is 12.6 Å². The molecular formula is C19H27FNO4P. The lowest BCUT2D eigenvalue weighted by atomic mass is 10.0. The van der Waals surface area contributed by atoms with Crippen molar-refractivity contribution in [3.05, 3.63) is 71.5 Å². The molecule has 26 heavy (non-hydrogen) atoms. The van der Waals surface area contributed by atoms with Crippen LogP contribution in [0, 0.1) is 5.82 Å². The fourth-order valence-electron chi connectivity index (χ4n) is 2.26. The van der Waals surface area contributed by atoms with Crippen molar-refractivity contribution in [2.75, 3.05) is 6.54 Å². The molecule has 0 saturated carbocycles. The van der Waals surface area contributed by atoms with Gasteiger partial charge in [0.15, 0.2) is 0 Å². The van der Waals surface area contributed by atoms with Crippen molar-refractivity contribution in [2.24, 2.45) is 0 Å². The number of nitrogens with one attached hydrogen (secondary N) is 1. The third-order valence-corrected chi connectivity index (χ3v) is 4.66. The fraction of sp³-hybridized carbons (Fsp3) is 0.368. The Hall–Kier alpha value is -1.56. The van der Waals surface area contributed by atoms with Crippen LogP contribution >= 0.6 is 7.60 Å². The smallest absolute Gasteiger partial charge is 0.346 e. The first kappa shape index (κ1) is 22.5. The maximum Gasteiger partial charge on any atom is 0.346 e. The lowest BCUT2D eigenvalue weighted by molar-refractivity contribution is 0.216. The van der Waals surface area contributed by atoms with Gasteiger partial charge in [0.25, 0.3) is 0 Å². The average molecular weight is 383 g/mol. The van der Waals surface area contributed by atoms with Gasteiger partial charge in [0.1, 0.15) is 11.6 Å². The molecule has 2 aromatic rings. The Bertz CT molecular complexity index is 686. The van der Waals surface area contributed by atoms with E-state index in [4.69, 9.17) is 5.11 Å². The zero-order valence-electron chi connectivity index (χ0n) is 15.2. The van der Waals surface area contributed by atoms with E-state index in [0.29, 0.717) is 12.1 Å². The molecule has 0 saturated heterocycles. The molecule has 0 aliphatic rings. The summed E-state index contributed by atoms with van der Waals surface area (Å²) >= 11 is 0. The molecule has 0 aliphatic carbocycles. The highest BCUT2D eigenvalue weighted by Crippen LogP contribution is 2.50. The second-order valence-electron chi connectivity index (χ2n) is 6.36. The first-order valence-electron chi connectivity index (χ1n) is 8.38. The first-order chi connectivity index (χ1) is 12.1. The van der Waals surface area contributed by atoms with Gasteiger partial charge in [-0.2, -0.15) is 0 Å². The van der Waals surface area contributed by atoms with E-state index in [0.717, 1.165) is 5.56 Å². The van der Waals surface area contributed by atoms with Crippen molar-refractivity contribution in [1.82, 2.24) is 5.32 Å². The molecule has 0 amide bonds. The number of aliphatic hydroxyl groups is 1. The van der Waals surface area contributed by atoms with Gasteiger partial charge in [-0.05, 0) is 43.0 Å². The molecular weight excluding hydrogens is 356 g/mol. The maximum atomic E-state index is 13.0. The van der Waals surface area contributed by atoms with Crippen LogP contribution in [0.4, 0.5) is 4.39 Å². The molecule has 2 atom stereocenters. The second kappa shape index (κ2) is 10.6. The first-order valence-corrected chi connectivity index (χ1v) is 10.1. The molecule has 0 bridgehead atoms. The van der Waals surface area contributed by atoms with Crippen LogP contribution in [-0.4, -0.2) is 27.5 Å². The molecule has 0 spiro atoms. The SMILES string of the molecule is CC(C)O.CC(CNC(c1ccc(F)cc1)P(=O)(O)O)c1ccccc1. The minimum Gasteiger partial charge on any atom is -0.394 e. The van der Waals surface area contributed by atoms with Crippen LogP contribution in [-0.2, 0) is 4.57 Å². The minimum atomic E-state index is -4.39. The van der Waals surface area contributed by atoms with E-state index < -0.39 is 19.2 Å². The predicted molar refractivity (Wildman–Crippen MR) is 101 cm³/mol. The number of aliphatic hydroxyl groups excluding tert-OH is 1. The van der Waals surface area contributed by atoms with Crippen LogP contribution in [0.5, 0.6) is 0 Å². The van der Waals surface area contributed by atoms with Gasteiger partial charge in [-0.3, -0.25) is 9.88 Å². The Morgan fingerprint density at radius 1 is 0.962 bits per heavy atom. The van der Waals surface area contributed by atoms with E-state index >= 15 is 0 Å². The normalized spacial score (nSPS) is 13.7. The largest absolute Gasteiger partial charge is 0.394 e. The van der Waals surface area contributed by atoms with Crippen LogP contribution in [0.15, 0.2) is 54.6 Å². The predicted octanol–water partition coefficient (Wildman–Crippen LogP) is 3.78. The lowest BCUT2D eigenvalue weighted by Gasteiger charge is -2.22. The minimum absolute atomic E-state index is 0.0932. The van der Waals surface area contributed by atoms with E-state index in [1.807, 2.05) is 37.3 Å². The fourth-order valence-corrected chi connectivity index (χ4v) is 3.17. The highest BCUT2D eigenvalue weighted by molar-refractivity contribution is 7.52. The number of benzene rings is 2. The molecule has 4 N–H and O–H groups in total. The zero-order chi connectivity index (χ0) is 19.7. The zero-order valence-corrected chi connectivity index (χ0v) is 16.1. The number of hydrogen-bond acceptors (Lipinski definition) is 3. The molecule has 7 heteroatoms. The molecule has 144 valence electrons. The molecule has 0 heterocycles. The van der Waals surface area contributed by atoms with Crippen LogP contribution in [0.25, 0.3) is 0 Å². The molecule has 5 nitrogen and oxygen atoms in total. The highest BCUT2D eigenvalue weighted by atomic mass is 31.2. The van der Waals surface area contributed by atoms with Crippen LogP contribution in [0.2, 0.25) is 0 Å². The van der Waals surface area contributed by atoms with Gasteiger partial charge in [-0.15, -0.1) is 0 Å². The summed E-state index contributed by atoms with van der Waals surface area (Å²) in [5, 5.41) is 11.0. The third-order valence-electron chi connectivity index (χ3n) is 3.51. The van der Waals surface area contributed by atoms with Gasteiger partial charge < -0.3 is 14.9 Å². The molecule has 2 unspecified atom stereocenters. The van der Waals surface area contributed by atoms with Crippen molar-refractivity contribution in [1.29, 1.82) is 0 Å². The Morgan fingerprint density at radius 3 is 1.92 bits per heavy atom. The van der Waals surface area contributed by atoms with Crippen molar-refractivity contribution in [2.45, 2.75) is 38.6 Å². The molecule has 0 aromatic heterocycles. The van der Waals surface area contributed by atoms with Crippen molar-refractivity contribution >= 4 is 7.60 Å². The summed E-state index contributed by atoms with van der Waals surface area (Å²) in [6, 6.07) is 14.9. The number of halogens is 1. The Labute approximate surface area is 154 Å². The lowest BCUT2D eigenvalue weighted by Crippen LogP contribution is -2.25. The molecule has 0 aliphatic heterocycles. The summed E-state index contributed by atoms with van der Waals surface area (Å²) in [6.07, 6.45) is -0.167. The van der Waals surface area contributed by atoms with E-state index in [2.05, 4.69) is 5.32 Å². The number of hydrogen-bond donors (Lipinski definition) is 4. The monoisotopic (exact) mass is 383 g/mol. The van der Waals surface area contributed by atoms with E-state index in [1.54, 1.807) is 13.8 Å². The molecule has 0 fully saturated rings. The molecule has 2 aromatic carbocycles. The van der Waals surface area contributed by atoms with Gasteiger partial charge in [-0.25, -0.2) is 4.39 Å². The summed E-state index contributed by atoms with van der Waals surface area (Å²) in [5.41, 5.74) is 1.45. The topological polar surface area (TPSA) is 89.8 Å². The highest BCUT2D eigenvalue weighted by Gasteiger charge is 2.30. The standard InChI is InChI=1S/C16H19FNO3P.C3H8O/c1-12(13-5-3-2-4-6-13)11-18-16(22(19,20)21)14-7-9-15(17)10-8-14;1-3(2)4/h2-10,12,16,18H,11H2,1H3,(H2,19,20,21);3-4H,1-2H3. The Morgan fingerprint density at radius 2 is 1.46 bits per heavy atom. The van der Waals surface area contributed by atoms with Crippen LogP contribution in [0.3, 0.4) is 0 Å². The quantitative estimate of drug-likeness (QED) is 0.570. The van der Waals surface area contributed by atoms with Gasteiger partial charge in [-0.1, -0.05) is 49.4 Å². The summed E-state index contributed by atoms with van der Waals surface area (Å²) in [5.74, 6) is -1.49. The van der Waals surface area contributed by atoms with Crippen molar-refractivity contribution < 1.29 is 23.8 Å².